The first-order valence-corrected chi connectivity index (χ1v) is 4.20. The van der Waals surface area contributed by atoms with Crippen molar-refractivity contribution in [2.75, 3.05) is 0 Å². The van der Waals surface area contributed by atoms with Gasteiger partial charge in [-0.15, -0.1) is 6.58 Å². The first kappa shape index (κ1) is 9.90. The molecule has 0 aliphatic heterocycles. The van der Waals surface area contributed by atoms with E-state index in [1.54, 1.807) is 13.0 Å². The molecule has 0 spiro atoms. The van der Waals surface area contributed by atoms with Gasteiger partial charge in [0.1, 0.15) is 11.6 Å². The average molecular weight is 182 g/mol. The molecule has 1 aromatic carbocycles. The van der Waals surface area contributed by atoms with Crippen molar-refractivity contribution in [3.05, 3.63) is 47.5 Å². The molecule has 0 N–H and O–H groups in total. The Morgan fingerprint density at radius 3 is 2.62 bits per heavy atom. The summed E-state index contributed by atoms with van der Waals surface area (Å²) >= 11 is 0. The monoisotopic (exact) mass is 182 g/mol. The highest BCUT2D eigenvalue weighted by atomic mass is 19.1. The molecule has 0 radical (unpaired) electrons. The number of halogens is 2. The highest BCUT2D eigenvalue weighted by Gasteiger charge is 2.05. The molecule has 70 valence electrons. The molecule has 13 heavy (non-hydrogen) atoms. The van der Waals surface area contributed by atoms with Gasteiger partial charge < -0.3 is 0 Å². The van der Waals surface area contributed by atoms with E-state index >= 15 is 0 Å². The molecule has 0 saturated heterocycles. The Bertz CT molecular complexity index is 316. The van der Waals surface area contributed by atoms with Crippen LogP contribution >= 0.6 is 0 Å². The second-order valence-corrected chi connectivity index (χ2v) is 3.02. The van der Waals surface area contributed by atoms with Crippen molar-refractivity contribution in [2.24, 2.45) is 0 Å². The van der Waals surface area contributed by atoms with Gasteiger partial charge in [0, 0.05) is 0 Å². The quantitative estimate of drug-likeness (QED) is 0.628. The van der Waals surface area contributed by atoms with Crippen LogP contribution in [0.3, 0.4) is 0 Å². The van der Waals surface area contributed by atoms with E-state index in [4.69, 9.17) is 0 Å². The van der Waals surface area contributed by atoms with Crippen molar-refractivity contribution in [1.29, 1.82) is 0 Å². The number of hydrogen-bond acceptors (Lipinski definition) is 0. The minimum Gasteiger partial charge on any atom is -0.207 e. The smallest absolute Gasteiger partial charge is 0.126 e. The summed E-state index contributed by atoms with van der Waals surface area (Å²) in [6, 6.07) is 2.49. The fourth-order valence-electron chi connectivity index (χ4n) is 1.14. The molecular weight excluding hydrogens is 170 g/mol. The van der Waals surface area contributed by atoms with E-state index in [0.717, 1.165) is 0 Å². The maximum atomic E-state index is 13.2. The summed E-state index contributed by atoms with van der Waals surface area (Å²) < 4.78 is 26.1. The van der Waals surface area contributed by atoms with Gasteiger partial charge in [0.25, 0.3) is 0 Å². The van der Waals surface area contributed by atoms with Crippen LogP contribution in [0.1, 0.15) is 17.5 Å². The van der Waals surface area contributed by atoms with Crippen LogP contribution in [0.25, 0.3) is 0 Å². The van der Waals surface area contributed by atoms with E-state index in [9.17, 15) is 8.78 Å². The first-order valence-electron chi connectivity index (χ1n) is 4.20. The highest BCUT2D eigenvalue weighted by molar-refractivity contribution is 5.25. The molecule has 1 aromatic rings. The van der Waals surface area contributed by atoms with Gasteiger partial charge in [-0.3, -0.25) is 0 Å². The Balaban J connectivity index is 2.94. The minimum absolute atomic E-state index is 0.333. The molecular formula is C11H12F2. The lowest BCUT2D eigenvalue weighted by atomic mass is 10.1. The molecule has 0 atom stereocenters. The SMILES string of the molecule is C=CCCc1cc(F)c(C)cc1F. The van der Waals surface area contributed by atoms with Gasteiger partial charge in [0.05, 0.1) is 0 Å². The molecule has 0 heterocycles. The van der Waals surface area contributed by atoms with Gasteiger partial charge in [-0.1, -0.05) is 6.08 Å². The zero-order valence-corrected chi connectivity index (χ0v) is 7.61. The number of rotatable bonds is 3. The first-order chi connectivity index (χ1) is 6.15. The van der Waals surface area contributed by atoms with Crippen molar-refractivity contribution >= 4 is 0 Å². The third kappa shape index (κ3) is 2.38. The summed E-state index contributed by atoms with van der Waals surface area (Å²) in [7, 11) is 0. The molecule has 0 aliphatic rings. The van der Waals surface area contributed by atoms with Gasteiger partial charge in [-0.2, -0.15) is 0 Å². The van der Waals surface area contributed by atoms with Crippen molar-refractivity contribution in [3.8, 4) is 0 Å². The van der Waals surface area contributed by atoms with E-state index in [2.05, 4.69) is 6.58 Å². The average Bonchev–Trinajstić information content (AvgIpc) is 2.09. The molecule has 0 unspecified atom stereocenters. The maximum absolute atomic E-state index is 13.2. The zero-order valence-electron chi connectivity index (χ0n) is 7.61. The largest absolute Gasteiger partial charge is 0.207 e. The minimum atomic E-state index is -0.347. The Morgan fingerprint density at radius 2 is 2.00 bits per heavy atom. The molecule has 1 rings (SSSR count). The predicted octanol–water partition coefficient (Wildman–Crippen LogP) is 3.39. The molecule has 0 fully saturated rings. The van der Waals surface area contributed by atoms with E-state index in [-0.39, 0.29) is 11.6 Å². The van der Waals surface area contributed by atoms with Gasteiger partial charge in [-0.05, 0) is 43.0 Å². The molecule has 0 amide bonds. The number of hydrogen-bond donors (Lipinski definition) is 0. The lowest BCUT2D eigenvalue weighted by molar-refractivity contribution is 0.578. The summed E-state index contributed by atoms with van der Waals surface area (Å²) in [5.41, 5.74) is 0.767. The predicted molar refractivity (Wildman–Crippen MR) is 49.6 cm³/mol. The Labute approximate surface area is 76.9 Å². The maximum Gasteiger partial charge on any atom is 0.126 e. The standard InChI is InChI=1S/C11H12F2/c1-3-4-5-9-7-10(12)8(2)6-11(9)13/h3,6-7H,1,4-5H2,2H3. The lowest BCUT2D eigenvalue weighted by Crippen LogP contribution is -1.94. The van der Waals surface area contributed by atoms with Crippen LogP contribution < -0.4 is 0 Å². The van der Waals surface area contributed by atoms with Gasteiger partial charge >= 0.3 is 0 Å². The Morgan fingerprint density at radius 1 is 1.31 bits per heavy atom. The summed E-state index contributed by atoms with van der Waals surface area (Å²) in [4.78, 5) is 0. The van der Waals surface area contributed by atoms with Gasteiger partial charge in [0.2, 0.25) is 0 Å². The van der Waals surface area contributed by atoms with Crippen molar-refractivity contribution < 1.29 is 8.78 Å². The number of aryl methyl sites for hydroxylation is 2. The van der Waals surface area contributed by atoms with Crippen LogP contribution in [0, 0.1) is 18.6 Å². The topological polar surface area (TPSA) is 0 Å². The second-order valence-electron chi connectivity index (χ2n) is 3.02. The van der Waals surface area contributed by atoms with Crippen molar-refractivity contribution in [2.45, 2.75) is 19.8 Å². The highest BCUT2D eigenvalue weighted by Crippen LogP contribution is 2.15. The normalized spacial score (nSPS) is 10.1. The third-order valence-corrected chi connectivity index (χ3v) is 1.95. The van der Waals surface area contributed by atoms with E-state index in [1.165, 1.54) is 12.1 Å². The van der Waals surface area contributed by atoms with Crippen molar-refractivity contribution in [1.82, 2.24) is 0 Å². The van der Waals surface area contributed by atoms with Gasteiger partial charge in [0.15, 0.2) is 0 Å². The Kier molecular flexibility index (Phi) is 3.18. The molecule has 0 nitrogen and oxygen atoms in total. The summed E-state index contributed by atoms with van der Waals surface area (Å²) in [5.74, 6) is -0.679. The third-order valence-electron chi connectivity index (χ3n) is 1.95. The van der Waals surface area contributed by atoms with Crippen LogP contribution in [0.15, 0.2) is 24.8 Å². The summed E-state index contributed by atoms with van der Waals surface area (Å²) in [6.45, 7) is 5.08. The van der Waals surface area contributed by atoms with Crippen LogP contribution in [0.2, 0.25) is 0 Å². The summed E-state index contributed by atoms with van der Waals surface area (Å²) in [5, 5.41) is 0. The van der Waals surface area contributed by atoms with E-state index < -0.39 is 0 Å². The van der Waals surface area contributed by atoms with Crippen LogP contribution in [0.5, 0.6) is 0 Å². The number of allylic oxidation sites excluding steroid dienone is 1. The van der Waals surface area contributed by atoms with Crippen LogP contribution in [-0.2, 0) is 6.42 Å². The van der Waals surface area contributed by atoms with Crippen LogP contribution in [0.4, 0.5) is 8.78 Å². The fourth-order valence-corrected chi connectivity index (χ4v) is 1.14. The van der Waals surface area contributed by atoms with Gasteiger partial charge in [-0.25, -0.2) is 8.78 Å². The molecule has 0 aliphatic carbocycles. The molecule has 2 heteroatoms. The molecule has 0 bridgehead atoms. The lowest BCUT2D eigenvalue weighted by Gasteiger charge is -2.03. The summed E-state index contributed by atoms with van der Waals surface area (Å²) in [6.07, 6.45) is 2.86. The number of benzene rings is 1. The fraction of sp³-hybridized carbons (Fsp3) is 0.273. The second kappa shape index (κ2) is 4.17. The molecule has 0 aromatic heterocycles. The van der Waals surface area contributed by atoms with Crippen LogP contribution in [-0.4, -0.2) is 0 Å². The Hall–Kier alpha value is -1.18. The van der Waals surface area contributed by atoms with Crippen molar-refractivity contribution in [3.63, 3.8) is 0 Å². The van der Waals surface area contributed by atoms with E-state index in [1.807, 2.05) is 0 Å². The zero-order chi connectivity index (χ0) is 9.84. The molecule has 0 saturated carbocycles. The van der Waals surface area contributed by atoms with E-state index in [0.29, 0.717) is 24.0 Å².